The maximum atomic E-state index is 10.7. The van der Waals surface area contributed by atoms with Crippen LogP contribution in [0.3, 0.4) is 0 Å². The molecule has 0 radical (unpaired) electrons. The number of nitrogens with zero attached hydrogens (tertiary/aromatic N) is 1. The summed E-state index contributed by atoms with van der Waals surface area (Å²) in [6, 6.07) is 1.94. The van der Waals surface area contributed by atoms with Crippen molar-refractivity contribution in [3.05, 3.63) is 19.8 Å². The van der Waals surface area contributed by atoms with Crippen LogP contribution in [0.15, 0.2) is 10.5 Å². The molecule has 0 aliphatic carbocycles. The molecule has 0 atom stereocenters. The second-order valence-corrected chi connectivity index (χ2v) is 6.03. The summed E-state index contributed by atoms with van der Waals surface area (Å²) in [6.45, 7) is 3.52. The Balaban J connectivity index is 2.63. The molecule has 0 bridgehead atoms. The first-order valence-corrected chi connectivity index (χ1v) is 6.89. The number of thiophene rings is 1. The molecule has 6 heteroatoms. The van der Waals surface area contributed by atoms with E-state index in [9.17, 15) is 4.79 Å². The molecular weight excluding hydrogens is 314 g/mol. The van der Waals surface area contributed by atoms with Gasteiger partial charge in [0.05, 0.1) is 6.54 Å². The summed E-state index contributed by atoms with van der Waals surface area (Å²) >= 11 is 10.8. The number of hydrogen-bond donors (Lipinski definition) is 1. The van der Waals surface area contributed by atoms with Crippen molar-refractivity contribution in [1.82, 2.24) is 4.90 Å². The molecule has 0 spiro atoms. The Morgan fingerprint density at radius 1 is 1.69 bits per heavy atom. The van der Waals surface area contributed by atoms with Crippen LogP contribution in [0.1, 0.15) is 18.2 Å². The summed E-state index contributed by atoms with van der Waals surface area (Å²) in [5.74, 6) is -0.796. The lowest BCUT2D eigenvalue weighted by Gasteiger charge is -2.18. The van der Waals surface area contributed by atoms with E-state index in [1.807, 2.05) is 17.9 Å². The van der Waals surface area contributed by atoms with Gasteiger partial charge in [-0.3, -0.25) is 9.69 Å². The number of halogens is 2. The average molecular weight is 327 g/mol. The number of carboxylic acids is 1. The molecule has 0 amide bonds. The Kier molecular flexibility index (Phi) is 5.75. The Bertz CT molecular complexity index is 350. The maximum absolute atomic E-state index is 10.7. The van der Waals surface area contributed by atoms with Crippen molar-refractivity contribution in [2.24, 2.45) is 0 Å². The quantitative estimate of drug-likeness (QED) is 0.870. The molecule has 0 fully saturated rings. The predicted molar refractivity (Wildman–Crippen MR) is 70.2 cm³/mol. The van der Waals surface area contributed by atoms with Crippen LogP contribution in [0.25, 0.3) is 0 Å². The van der Waals surface area contributed by atoms with Gasteiger partial charge in [0.25, 0.3) is 0 Å². The lowest BCUT2D eigenvalue weighted by Crippen LogP contribution is -2.29. The van der Waals surface area contributed by atoms with Crippen molar-refractivity contribution in [2.45, 2.75) is 19.9 Å². The fourth-order valence-corrected chi connectivity index (χ4v) is 3.24. The minimum atomic E-state index is -0.796. The van der Waals surface area contributed by atoms with Gasteiger partial charge in [0, 0.05) is 15.9 Å². The zero-order chi connectivity index (χ0) is 12.1. The topological polar surface area (TPSA) is 40.5 Å². The Hall–Kier alpha value is -0.100. The van der Waals surface area contributed by atoms with E-state index in [-0.39, 0.29) is 6.54 Å². The van der Waals surface area contributed by atoms with Crippen molar-refractivity contribution in [3.8, 4) is 0 Å². The van der Waals surface area contributed by atoms with Crippen molar-refractivity contribution < 1.29 is 9.90 Å². The van der Waals surface area contributed by atoms with E-state index >= 15 is 0 Å². The SMILES string of the molecule is CCCN(CC(=O)O)Cc1cc(Br)c(Cl)s1. The van der Waals surface area contributed by atoms with Crippen LogP contribution in [0.2, 0.25) is 4.34 Å². The van der Waals surface area contributed by atoms with E-state index in [2.05, 4.69) is 15.9 Å². The minimum Gasteiger partial charge on any atom is -0.480 e. The highest BCUT2D eigenvalue weighted by Gasteiger charge is 2.12. The summed E-state index contributed by atoms with van der Waals surface area (Å²) < 4.78 is 1.59. The first-order valence-electron chi connectivity index (χ1n) is 4.90. The van der Waals surface area contributed by atoms with Gasteiger partial charge in [0.2, 0.25) is 0 Å². The predicted octanol–water partition coefficient (Wildman–Crippen LogP) is 3.46. The molecule has 0 saturated carbocycles. The van der Waals surface area contributed by atoms with E-state index < -0.39 is 5.97 Å². The molecular formula is C10H13BrClNO2S. The van der Waals surface area contributed by atoms with Crippen molar-refractivity contribution in [2.75, 3.05) is 13.1 Å². The van der Waals surface area contributed by atoms with Crippen LogP contribution in [0.4, 0.5) is 0 Å². The van der Waals surface area contributed by atoms with Gasteiger partial charge in [0.1, 0.15) is 4.34 Å². The molecule has 1 rings (SSSR count). The highest BCUT2D eigenvalue weighted by atomic mass is 79.9. The summed E-state index contributed by atoms with van der Waals surface area (Å²) in [6.07, 6.45) is 0.938. The lowest BCUT2D eigenvalue weighted by atomic mass is 10.3. The second kappa shape index (κ2) is 6.59. The van der Waals surface area contributed by atoms with Gasteiger partial charge in [-0.2, -0.15) is 0 Å². The summed E-state index contributed by atoms with van der Waals surface area (Å²) in [5, 5.41) is 8.77. The fourth-order valence-electron chi connectivity index (χ4n) is 1.41. The summed E-state index contributed by atoms with van der Waals surface area (Å²) in [5.41, 5.74) is 0. The lowest BCUT2D eigenvalue weighted by molar-refractivity contribution is -0.138. The van der Waals surface area contributed by atoms with Crippen molar-refractivity contribution in [1.29, 1.82) is 0 Å². The van der Waals surface area contributed by atoms with Crippen LogP contribution in [0, 0.1) is 0 Å². The molecule has 0 aromatic carbocycles. The summed E-state index contributed by atoms with van der Waals surface area (Å²) in [4.78, 5) is 13.6. The number of carbonyl (C=O) groups is 1. The van der Waals surface area contributed by atoms with E-state index in [1.54, 1.807) is 0 Å². The monoisotopic (exact) mass is 325 g/mol. The average Bonchev–Trinajstić information content (AvgIpc) is 2.45. The molecule has 0 aliphatic rings. The molecule has 1 N–H and O–H groups in total. The van der Waals surface area contributed by atoms with Gasteiger partial charge >= 0.3 is 5.97 Å². The van der Waals surface area contributed by atoms with Gasteiger partial charge in [0.15, 0.2) is 0 Å². The minimum absolute atomic E-state index is 0.0704. The van der Waals surface area contributed by atoms with Gasteiger partial charge in [-0.25, -0.2) is 0 Å². The molecule has 0 aliphatic heterocycles. The van der Waals surface area contributed by atoms with Crippen LogP contribution in [-0.4, -0.2) is 29.1 Å². The van der Waals surface area contributed by atoms with E-state index in [0.29, 0.717) is 10.9 Å². The molecule has 90 valence electrons. The van der Waals surface area contributed by atoms with Crippen LogP contribution < -0.4 is 0 Å². The number of rotatable bonds is 6. The number of carboxylic acid groups (broad SMARTS) is 1. The largest absolute Gasteiger partial charge is 0.480 e. The van der Waals surface area contributed by atoms with Gasteiger partial charge < -0.3 is 5.11 Å². The van der Waals surface area contributed by atoms with E-state index in [4.69, 9.17) is 16.7 Å². The zero-order valence-corrected chi connectivity index (χ0v) is 12.0. The molecule has 0 saturated heterocycles. The Morgan fingerprint density at radius 3 is 2.81 bits per heavy atom. The van der Waals surface area contributed by atoms with Crippen molar-refractivity contribution in [3.63, 3.8) is 0 Å². The van der Waals surface area contributed by atoms with Crippen LogP contribution in [0.5, 0.6) is 0 Å². The molecule has 1 aromatic rings. The highest BCUT2D eigenvalue weighted by molar-refractivity contribution is 9.10. The van der Waals surface area contributed by atoms with Crippen LogP contribution in [-0.2, 0) is 11.3 Å². The molecule has 3 nitrogen and oxygen atoms in total. The highest BCUT2D eigenvalue weighted by Crippen LogP contribution is 2.32. The first kappa shape index (κ1) is 14.0. The van der Waals surface area contributed by atoms with Gasteiger partial charge in [-0.15, -0.1) is 11.3 Å². The van der Waals surface area contributed by atoms with E-state index in [0.717, 1.165) is 22.3 Å². The summed E-state index contributed by atoms with van der Waals surface area (Å²) in [7, 11) is 0. The zero-order valence-electron chi connectivity index (χ0n) is 8.87. The van der Waals surface area contributed by atoms with E-state index in [1.165, 1.54) is 11.3 Å². The molecule has 16 heavy (non-hydrogen) atoms. The number of hydrogen-bond acceptors (Lipinski definition) is 3. The molecule has 1 aromatic heterocycles. The Morgan fingerprint density at radius 2 is 2.38 bits per heavy atom. The first-order chi connectivity index (χ1) is 7.52. The second-order valence-electron chi connectivity index (χ2n) is 3.44. The van der Waals surface area contributed by atoms with Crippen molar-refractivity contribution >= 4 is 44.8 Å². The number of aliphatic carboxylic acids is 1. The van der Waals surface area contributed by atoms with Gasteiger partial charge in [-0.1, -0.05) is 18.5 Å². The smallest absolute Gasteiger partial charge is 0.317 e. The normalized spacial score (nSPS) is 11.0. The fraction of sp³-hybridized carbons (Fsp3) is 0.500. The van der Waals surface area contributed by atoms with Crippen LogP contribution >= 0.6 is 38.9 Å². The maximum Gasteiger partial charge on any atom is 0.317 e. The Labute approximate surface area is 112 Å². The third-order valence-corrected chi connectivity index (χ3v) is 4.43. The third-order valence-electron chi connectivity index (χ3n) is 1.97. The van der Waals surface area contributed by atoms with Gasteiger partial charge in [-0.05, 0) is 35.0 Å². The third kappa shape index (κ3) is 4.41. The molecule has 1 heterocycles. The molecule has 0 unspecified atom stereocenters. The standard InChI is InChI=1S/C10H13BrClNO2S/c1-2-3-13(6-9(14)15)5-7-4-8(11)10(12)16-7/h4H,2-3,5-6H2,1H3,(H,14,15).